The molecular weight excluding hydrogens is 312 g/mol. The molecule has 0 unspecified atom stereocenters. The Morgan fingerprint density at radius 3 is 2.48 bits per heavy atom. The van der Waals surface area contributed by atoms with Crippen LogP contribution in [0.5, 0.6) is 0 Å². The average molecular weight is 328 g/mol. The topological polar surface area (TPSA) is 69.4 Å². The molecule has 4 rings (SSSR count). The average Bonchev–Trinajstić information content (AvgIpc) is 3.09. The predicted molar refractivity (Wildman–Crippen MR) is 94.6 cm³/mol. The Bertz CT molecular complexity index is 962. The van der Waals surface area contributed by atoms with Gasteiger partial charge in [0, 0.05) is 30.4 Å². The molecule has 0 aliphatic carbocycles. The molecule has 25 heavy (non-hydrogen) atoms. The van der Waals surface area contributed by atoms with E-state index in [1.807, 2.05) is 16.8 Å². The van der Waals surface area contributed by atoms with Crippen LogP contribution in [-0.4, -0.2) is 29.7 Å². The minimum atomic E-state index is 0.555. The van der Waals surface area contributed by atoms with Gasteiger partial charge in [0.2, 0.25) is 5.82 Å². The standard InChI is InChI=1S/C19H16N6/c1-14-4-6-15(7-5-14)13-25-19(16-3-2-8-20-11-16)23-18(24-25)17-12-21-9-10-22-17/h2-12H,13H2,1H3. The maximum atomic E-state index is 4.67. The summed E-state index contributed by atoms with van der Waals surface area (Å²) in [6, 6.07) is 12.3. The minimum Gasteiger partial charge on any atom is -0.264 e. The van der Waals surface area contributed by atoms with Crippen molar-refractivity contribution >= 4 is 0 Å². The van der Waals surface area contributed by atoms with E-state index in [9.17, 15) is 0 Å². The number of benzene rings is 1. The first kappa shape index (κ1) is 15.1. The summed E-state index contributed by atoms with van der Waals surface area (Å²) in [5, 5.41) is 4.65. The molecule has 3 aromatic heterocycles. The van der Waals surface area contributed by atoms with Gasteiger partial charge in [-0.3, -0.25) is 9.97 Å². The third-order valence-electron chi connectivity index (χ3n) is 3.84. The summed E-state index contributed by atoms with van der Waals surface area (Å²) in [6.45, 7) is 2.70. The summed E-state index contributed by atoms with van der Waals surface area (Å²) in [5.74, 6) is 1.31. The van der Waals surface area contributed by atoms with Crippen molar-refractivity contribution in [1.82, 2.24) is 29.7 Å². The maximum Gasteiger partial charge on any atom is 0.201 e. The largest absolute Gasteiger partial charge is 0.264 e. The van der Waals surface area contributed by atoms with Gasteiger partial charge in [-0.05, 0) is 24.6 Å². The molecule has 0 radical (unpaired) electrons. The molecule has 0 aliphatic heterocycles. The first-order valence-electron chi connectivity index (χ1n) is 7.97. The van der Waals surface area contributed by atoms with Gasteiger partial charge in [0.05, 0.1) is 12.7 Å². The summed E-state index contributed by atoms with van der Waals surface area (Å²) in [4.78, 5) is 17.3. The number of aromatic nitrogens is 6. The second-order valence-electron chi connectivity index (χ2n) is 5.73. The molecule has 0 spiro atoms. The molecule has 1 aromatic carbocycles. The van der Waals surface area contributed by atoms with Crippen LogP contribution in [0.25, 0.3) is 22.9 Å². The van der Waals surface area contributed by atoms with E-state index in [2.05, 4.69) is 56.2 Å². The Morgan fingerprint density at radius 2 is 1.76 bits per heavy atom. The first-order valence-corrected chi connectivity index (χ1v) is 7.97. The number of hydrogen-bond acceptors (Lipinski definition) is 5. The molecule has 0 saturated carbocycles. The van der Waals surface area contributed by atoms with Crippen LogP contribution in [0.1, 0.15) is 11.1 Å². The Morgan fingerprint density at radius 1 is 0.920 bits per heavy atom. The van der Waals surface area contributed by atoms with Crippen molar-refractivity contribution in [2.24, 2.45) is 0 Å². The molecule has 0 fully saturated rings. The smallest absolute Gasteiger partial charge is 0.201 e. The molecule has 0 atom stereocenters. The zero-order chi connectivity index (χ0) is 17.1. The number of rotatable bonds is 4. The highest BCUT2D eigenvalue weighted by atomic mass is 15.4. The van der Waals surface area contributed by atoms with E-state index in [4.69, 9.17) is 0 Å². The van der Waals surface area contributed by atoms with Gasteiger partial charge in [0.15, 0.2) is 5.82 Å². The van der Waals surface area contributed by atoms with Crippen molar-refractivity contribution in [2.45, 2.75) is 13.5 Å². The molecule has 0 aliphatic rings. The maximum absolute atomic E-state index is 4.67. The van der Waals surface area contributed by atoms with Gasteiger partial charge < -0.3 is 0 Å². The molecular formula is C19H16N6. The van der Waals surface area contributed by atoms with Gasteiger partial charge in [-0.2, -0.15) is 0 Å². The summed E-state index contributed by atoms with van der Waals surface area (Å²) in [7, 11) is 0. The fraction of sp³-hybridized carbons (Fsp3) is 0.105. The lowest BCUT2D eigenvalue weighted by Crippen LogP contribution is -2.04. The van der Waals surface area contributed by atoms with Gasteiger partial charge in [-0.15, -0.1) is 5.10 Å². The van der Waals surface area contributed by atoms with Crippen LogP contribution in [0.2, 0.25) is 0 Å². The summed E-state index contributed by atoms with van der Waals surface area (Å²) < 4.78 is 1.88. The van der Waals surface area contributed by atoms with Crippen molar-refractivity contribution in [3.63, 3.8) is 0 Å². The minimum absolute atomic E-state index is 0.555. The zero-order valence-corrected chi connectivity index (χ0v) is 13.7. The van der Waals surface area contributed by atoms with Gasteiger partial charge in [-0.1, -0.05) is 29.8 Å². The van der Waals surface area contributed by atoms with Crippen molar-refractivity contribution < 1.29 is 0 Å². The lowest BCUT2D eigenvalue weighted by atomic mass is 10.1. The quantitative estimate of drug-likeness (QED) is 0.575. The lowest BCUT2D eigenvalue weighted by Gasteiger charge is -2.06. The van der Waals surface area contributed by atoms with Crippen LogP contribution in [0.15, 0.2) is 67.4 Å². The van der Waals surface area contributed by atoms with Crippen LogP contribution >= 0.6 is 0 Å². The van der Waals surface area contributed by atoms with E-state index >= 15 is 0 Å². The molecule has 0 bridgehead atoms. The summed E-state index contributed by atoms with van der Waals surface area (Å²) in [6.07, 6.45) is 8.47. The molecule has 0 N–H and O–H groups in total. The van der Waals surface area contributed by atoms with Gasteiger partial charge >= 0.3 is 0 Å². The number of pyridine rings is 1. The number of aryl methyl sites for hydroxylation is 1. The van der Waals surface area contributed by atoms with E-state index in [0.29, 0.717) is 18.1 Å². The van der Waals surface area contributed by atoms with Crippen molar-refractivity contribution in [3.8, 4) is 22.9 Å². The lowest BCUT2D eigenvalue weighted by molar-refractivity contribution is 0.694. The van der Waals surface area contributed by atoms with Crippen LogP contribution in [0.4, 0.5) is 0 Å². The zero-order valence-electron chi connectivity index (χ0n) is 13.7. The highest BCUT2D eigenvalue weighted by Gasteiger charge is 2.15. The number of nitrogens with zero attached hydrogens (tertiary/aromatic N) is 6. The summed E-state index contributed by atoms with van der Waals surface area (Å²) >= 11 is 0. The Hall–Kier alpha value is -3.41. The van der Waals surface area contributed by atoms with E-state index in [1.165, 1.54) is 5.56 Å². The van der Waals surface area contributed by atoms with Gasteiger partial charge in [0.25, 0.3) is 0 Å². The second kappa shape index (κ2) is 6.60. The molecule has 4 aromatic rings. The van der Waals surface area contributed by atoms with Crippen LogP contribution in [0.3, 0.4) is 0 Å². The normalized spacial score (nSPS) is 10.8. The van der Waals surface area contributed by atoms with E-state index < -0.39 is 0 Å². The SMILES string of the molecule is Cc1ccc(Cn2nc(-c3cnccn3)nc2-c2cccnc2)cc1. The Balaban J connectivity index is 1.78. The van der Waals surface area contributed by atoms with Crippen molar-refractivity contribution in [3.05, 3.63) is 78.5 Å². The van der Waals surface area contributed by atoms with Crippen LogP contribution in [-0.2, 0) is 6.54 Å². The van der Waals surface area contributed by atoms with Crippen molar-refractivity contribution in [1.29, 1.82) is 0 Å². The van der Waals surface area contributed by atoms with Crippen molar-refractivity contribution in [2.75, 3.05) is 0 Å². The molecule has 6 heteroatoms. The Kier molecular flexibility index (Phi) is 4.00. The highest BCUT2D eigenvalue weighted by molar-refractivity contribution is 5.58. The molecule has 0 amide bonds. The van der Waals surface area contributed by atoms with E-state index in [-0.39, 0.29) is 0 Å². The molecule has 0 saturated heterocycles. The third-order valence-corrected chi connectivity index (χ3v) is 3.84. The number of hydrogen-bond donors (Lipinski definition) is 0. The monoisotopic (exact) mass is 328 g/mol. The van der Waals surface area contributed by atoms with E-state index in [0.717, 1.165) is 17.0 Å². The van der Waals surface area contributed by atoms with Gasteiger partial charge in [-0.25, -0.2) is 14.6 Å². The molecule has 3 heterocycles. The summed E-state index contributed by atoms with van der Waals surface area (Å²) in [5.41, 5.74) is 3.95. The second-order valence-corrected chi connectivity index (χ2v) is 5.73. The Labute approximate surface area is 145 Å². The molecule has 122 valence electrons. The third kappa shape index (κ3) is 3.28. The first-order chi connectivity index (χ1) is 12.3. The van der Waals surface area contributed by atoms with Crippen LogP contribution < -0.4 is 0 Å². The fourth-order valence-corrected chi connectivity index (χ4v) is 2.55. The van der Waals surface area contributed by atoms with Gasteiger partial charge in [0.1, 0.15) is 5.69 Å². The molecule has 6 nitrogen and oxygen atoms in total. The van der Waals surface area contributed by atoms with E-state index in [1.54, 1.807) is 31.0 Å². The van der Waals surface area contributed by atoms with Crippen LogP contribution in [0, 0.1) is 6.92 Å². The highest BCUT2D eigenvalue weighted by Crippen LogP contribution is 2.21. The fourth-order valence-electron chi connectivity index (χ4n) is 2.55. The predicted octanol–water partition coefficient (Wildman–Crippen LogP) is 3.15.